The highest BCUT2D eigenvalue weighted by molar-refractivity contribution is 7.98. The summed E-state index contributed by atoms with van der Waals surface area (Å²) in [4.78, 5) is 13.3. The van der Waals surface area contributed by atoms with Crippen molar-refractivity contribution in [2.45, 2.75) is 0 Å². The first-order chi connectivity index (χ1) is 7.90. The van der Waals surface area contributed by atoms with Crippen LogP contribution in [-0.4, -0.2) is 59.6 Å². The fraction of sp³-hybridized carbons (Fsp3) is 0.636. The van der Waals surface area contributed by atoms with Gasteiger partial charge in [0.1, 0.15) is 0 Å². The number of hydrogen-bond donors (Lipinski definition) is 0. The monoisotopic (exact) mass is 238 g/mol. The van der Waals surface area contributed by atoms with Gasteiger partial charge in [-0.05, 0) is 12.3 Å². The molecule has 16 heavy (non-hydrogen) atoms. The lowest BCUT2D eigenvalue weighted by molar-refractivity contribution is 0.272. The summed E-state index contributed by atoms with van der Waals surface area (Å²) in [5, 5.41) is 0. The number of anilines is 1. The topological polar surface area (TPSA) is 32.3 Å². The van der Waals surface area contributed by atoms with Crippen molar-refractivity contribution in [1.82, 2.24) is 14.9 Å². The van der Waals surface area contributed by atoms with Crippen molar-refractivity contribution in [2.75, 3.05) is 49.6 Å². The molecule has 0 atom stereocenters. The van der Waals surface area contributed by atoms with Crippen molar-refractivity contribution in [3.63, 3.8) is 0 Å². The Morgan fingerprint density at radius 3 is 2.50 bits per heavy atom. The summed E-state index contributed by atoms with van der Waals surface area (Å²) in [6, 6.07) is 1.86. The second-order valence-electron chi connectivity index (χ2n) is 3.87. The van der Waals surface area contributed by atoms with Crippen molar-refractivity contribution in [1.29, 1.82) is 0 Å². The zero-order valence-electron chi connectivity index (χ0n) is 9.67. The van der Waals surface area contributed by atoms with Crippen molar-refractivity contribution in [3.05, 3.63) is 18.5 Å². The summed E-state index contributed by atoms with van der Waals surface area (Å²) in [5.74, 6) is 2.09. The van der Waals surface area contributed by atoms with E-state index in [1.54, 1.807) is 0 Å². The van der Waals surface area contributed by atoms with Crippen LogP contribution < -0.4 is 4.90 Å². The first-order valence-electron chi connectivity index (χ1n) is 5.63. The molecule has 0 unspecified atom stereocenters. The Morgan fingerprint density at radius 1 is 1.19 bits per heavy atom. The summed E-state index contributed by atoms with van der Waals surface area (Å²) >= 11 is 1.91. The Kier molecular flexibility index (Phi) is 4.42. The lowest BCUT2D eigenvalue weighted by Gasteiger charge is -2.34. The molecule has 0 amide bonds. The standard InChI is InChI=1S/C11H18N4S/c1-16-10-9-14-5-7-15(8-6-14)11-12-3-2-4-13-11/h2-4H,5-10H2,1H3. The molecule has 0 aromatic carbocycles. The second-order valence-corrected chi connectivity index (χ2v) is 4.86. The van der Waals surface area contributed by atoms with Gasteiger partial charge in [0.2, 0.25) is 5.95 Å². The number of piperazine rings is 1. The first kappa shape index (κ1) is 11.7. The van der Waals surface area contributed by atoms with Crippen LogP contribution in [0.1, 0.15) is 0 Å². The molecule has 0 radical (unpaired) electrons. The van der Waals surface area contributed by atoms with E-state index in [9.17, 15) is 0 Å². The molecule has 1 aliphatic rings. The minimum absolute atomic E-state index is 0.868. The van der Waals surface area contributed by atoms with Gasteiger partial charge in [0.25, 0.3) is 0 Å². The maximum absolute atomic E-state index is 4.28. The van der Waals surface area contributed by atoms with E-state index >= 15 is 0 Å². The van der Waals surface area contributed by atoms with E-state index in [1.165, 1.54) is 12.3 Å². The zero-order chi connectivity index (χ0) is 11.2. The molecule has 1 fully saturated rings. The van der Waals surface area contributed by atoms with Crippen LogP contribution in [0, 0.1) is 0 Å². The molecule has 1 aromatic rings. The molecule has 1 saturated heterocycles. The van der Waals surface area contributed by atoms with Crippen LogP contribution in [0.3, 0.4) is 0 Å². The van der Waals surface area contributed by atoms with E-state index in [0.717, 1.165) is 32.1 Å². The number of nitrogens with zero attached hydrogens (tertiary/aromatic N) is 4. The molecule has 0 bridgehead atoms. The highest BCUT2D eigenvalue weighted by atomic mass is 32.2. The molecule has 0 spiro atoms. The Balaban J connectivity index is 1.81. The van der Waals surface area contributed by atoms with E-state index < -0.39 is 0 Å². The van der Waals surface area contributed by atoms with Gasteiger partial charge in [-0.15, -0.1) is 0 Å². The zero-order valence-corrected chi connectivity index (χ0v) is 10.5. The van der Waals surface area contributed by atoms with Crippen LogP contribution in [0.4, 0.5) is 5.95 Å². The highest BCUT2D eigenvalue weighted by Gasteiger charge is 2.17. The molecule has 0 saturated carbocycles. The number of aromatic nitrogens is 2. The van der Waals surface area contributed by atoms with Gasteiger partial charge in [0.15, 0.2) is 0 Å². The highest BCUT2D eigenvalue weighted by Crippen LogP contribution is 2.09. The van der Waals surface area contributed by atoms with Crippen molar-refractivity contribution in [3.8, 4) is 0 Å². The van der Waals surface area contributed by atoms with Crippen LogP contribution in [-0.2, 0) is 0 Å². The summed E-state index contributed by atoms with van der Waals surface area (Å²) in [7, 11) is 0. The van der Waals surface area contributed by atoms with E-state index in [2.05, 4.69) is 26.0 Å². The summed E-state index contributed by atoms with van der Waals surface area (Å²) in [6.45, 7) is 5.53. The Bertz CT molecular complexity index is 298. The lowest BCUT2D eigenvalue weighted by Crippen LogP contribution is -2.47. The molecular formula is C11H18N4S. The van der Waals surface area contributed by atoms with Gasteiger partial charge in [-0.1, -0.05) is 0 Å². The minimum Gasteiger partial charge on any atom is -0.338 e. The lowest BCUT2D eigenvalue weighted by atomic mass is 10.3. The third-order valence-corrected chi connectivity index (χ3v) is 3.41. The predicted molar refractivity (Wildman–Crippen MR) is 69.1 cm³/mol. The van der Waals surface area contributed by atoms with Crippen molar-refractivity contribution >= 4 is 17.7 Å². The molecule has 88 valence electrons. The van der Waals surface area contributed by atoms with Gasteiger partial charge >= 0.3 is 0 Å². The molecule has 5 heteroatoms. The molecule has 1 aliphatic heterocycles. The van der Waals surface area contributed by atoms with Gasteiger partial charge in [0.05, 0.1) is 0 Å². The van der Waals surface area contributed by atoms with Crippen molar-refractivity contribution < 1.29 is 0 Å². The van der Waals surface area contributed by atoms with Crippen LogP contribution in [0.15, 0.2) is 18.5 Å². The molecule has 0 N–H and O–H groups in total. The second kappa shape index (κ2) is 6.06. The van der Waals surface area contributed by atoms with Gasteiger partial charge in [-0.3, -0.25) is 4.90 Å². The fourth-order valence-corrected chi connectivity index (χ4v) is 2.29. The molecular weight excluding hydrogens is 220 g/mol. The number of rotatable bonds is 4. The molecule has 2 rings (SSSR count). The maximum Gasteiger partial charge on any atom is 0.225 e. The van der Waals surface area contributed by atoms with Crippen LogP contribution in [0.5, 0.6) is 0 Å². The van der Waals surface area contributed by atoms with Crippen LogP contribution in [0.2, 0.25) is 0 Å². The minimum atomic E-state index is 0.868. The summed E-state index contributed by atoms with van der Waals surface area (Å²) in [6.07, 6.45) is 5.78. The van der Waals surface area contributed by atoms with E-state index in [4.69, 9.17) is 0 Å². The third kappa shape index (κ3) is 3.09. The predicted octanol–water partition coefficient (Wildman–Crippen LogP) is 0.962. The summed E-state index contributed by atoms with van der Waals surface area (Å²) in [5.41, 5.74) is 0. The van der Waals surface area contributed by atoms with E-state index in [0.29, 0.717) is 0 Å². The Morgan fingerprint density at radius 2 is 1.88 bits per heavy atom. The van der Waals surface area contributed by atoms with Gasteiger partial charge in [-0.25, -0.2) is 9.97 Å². The molecule has 0 aliphatic carbocycles. The SMILES string of the molecule is CSCCN1CCN(c2ncccn2)CC1. The third-order valence-electron chi connectivity index (χ3n) is 2.82. The molecule has 1 aromatic heterocycles. The van der Waals surface area contributed by atoms with Gasteiger partial charge < -0.3 is 4.90 Å². The Hall–Kier alpha value is -0.810. The normalized spacial score (nSPS) is 17.7. The number of thioether (sulfide) groups is 1. The average Bonchev–Trinajstić information content (AvgIpc) is 2.38. The molecule has 4 nitrogen and oxygen atoms in total. The van der Waals surface area contributed by atoms with E-state index in [1.807, 2.05) is 30.2 Å². The average molecular weight is 238 g/mol. The smallest absolute Gasteiger partial charge is 0.225 e. The Labute approximate surface area is 101 Å². The number of hydrogen-bond acceptors (Lipinski definition) is 5. The quantitative estimate of drug-likeness (QED) is 0.780. The van der Waals surface area contributed by atoms with Crippen molar-refractivity contribution in [2.24, 2.45) is 0 Å². The summed E-state index contributed by atoms with van der Waals surface area (Å²) < 4.78 is 0. The van der Waals surface area contributed by atoms with Crippen LogP contribution >= 0.6 is 11.8 Å². The molecule has 2 heterocycles. The maximum atomic E-state index is 4.28. The van der Waals surface area contributed by atoms with Gasteiger partial charge in [0, 0.05) is 50.9 Å². The van der Waals surface area contributed by atoms with E-state index in [-0.39, 0.29) is 0 Å². The first-order valence-corrected chi connectivity index (χ1v) is 7.03. The largest absolute Gasteiger partial charge is 0.338 e. The fourth-order valence-electron chi connectivity index (χ4n) is 1.85. The van der Waals surface area contributed by atoms with Gasteiger partial charge in [-0.2, -0.15) is 11.8 Å². The van der Waals surface area contributed by atoms with Crippen LogP contribution in [0.25, 0.3) is 0 Å².